The molecular formula is C26H29BrP+. The molecule has 3 aromatic rings. The number of benzene rings is 3. The van der Waals surface area contributed by atoms with Gasteiger partial charge in [0.15, 0.2) is 0 Å². The summed E-state index contributed by atoms with van der Waals surface area (Å²) in [5, 5.41) is 5.48. The lowest BCUT2D eigenvalue weighted by Gasteiger charge is -2.26. The zero-order valence-corrected chi connectivity index (χ0v) is 18.9. The van der Waals surface area contributed by atoms with Crippen LogP contribution in [0.5, 0.6) is 0 Å². The Balaban J connectivity index is 1.98. The number of halogens is 1. The molecule has 0 unspecified atom stereocenters. The lowest BCUT2D eigenvalue weighted by atomic mass is 10.2. The van der Waals surface area contributed by atoms with Gasteiger partial charge in [-0.15, -0.1) is 0 Å². The van der Waals surface area contributed by atoms with Gasteiger partial charge in [0.2, 0.25) is 0 Å². The fourth-order valence-electron chi connectivity index (χ4n) is 3.69. The Labute approximate surface area is 179 Å². The third-order valence-corrected chi connectivity index (χ3v) is 10.00. The maximum absolute atomic E-state index is 3.52. The zero-order chi connectivity index (χ0) is 19.5. The predicted octanol–water partition coefficient (Wildman–Crippen LogP) is 6.49. The van der Waals surface area contributed by atoms with Gasteiger partial charge in [0.1, 0.15) is 23.2 Å². The summed E-state index contributed by atoms with van der Waals surface area (Å²) < 4.78 is 0. The van der Waals surface area contributed by atoms with E-state index in [1.807, 2.05) is 0 Å². The van der Waals surface area contributed by atoms with Crippen molar-refractivity contribution in [3.8, 4) is 0 Å². The van der Waals surface area contributed by atoms with Crippen LogP contribution in [0.1, 0.15) is 25.7 Å². The van der Waals surface area contributed by atoms with Gasteiger partial charge in [-0.25, -0.2) is 0 Å². The number of allylic oxidation sites excluding steroid dienone is 2. The van der Waals surface area contributed by atoms with Crippen LogP contribution in [-0.4, -0.2) is 11.5 Å². The lowest BCUT2D eigenvalue weighted by molar-refractivity contribution is 0.736. The first-order chi connectivity index (χ1) is 13.9. The van der Waals surface area contributed by atoms with Crippen LogP contribution >= 0.6 is 23.2 Å². The van der Waals surface area contributed by atoms with Crippen molar-refractivity contribution in [3.05, 3.63) is 103 Å². The molecule has 0 aromatic heterocycles. The van der Waals surface area contributed by atoms with E-state index in [2.05, 4.69) is 119 Å². The van der Waals surface area contributed by atoms with Crippen LogP contribution < -0.4 is 15.9 Å². The van der Waals surface area contributed by atoms with Crippen molar-refractivity contribution < 1.29 is 0 Å². The number of hydrogen-bond acceptors (Lipinski definition) is 0. The van der Waals surface area contributed by atoms with Gasteiger partial charge >= 0.3 is 0 Å². The smallest absolute Gasteiger partial charge is 0.0928 e. The minimum atomic E-state index is -1.71. The molecule has 0 bridgehead atoms. The molecule has 0 aliphatic rings. The third-order valence-electron chi connectivity index (χ3n) is 5.14. The summed E-state index contributed by atoms with van der Waals surface area (Å²) >= 11 is 3.52. The first kappa shape index (κ1) is 21.0. The summed E-state index contributed by atoms with van der Waals surface area (Å²) in [4.78, 5) is 0. The Morgan fingerprint density at radius 3 is 1.46 bits per heavy atom. The van der Waals surface area contributed by atoms with E-state index in [-0.39, 0.29) is 0 Å². The van der Waals surface area contributed by atoms with E-state index >= 15 is 0 Å². The third kappa shape index (κ3) is 5.22. The SMILES string of the molecule is BrCCCCCC=CC[P+](c1ccccc1)(c1ccccc1)c1ccccc1. The Morgan fingerprint density at radius 1 is 0.571 bits per heavy atom. The van der Waals surface area contributed by atoms with Crippen LogP contribution in [0.3, 0.4) is 0 Å². The van der Waals surface area contributed by atoms with Crippen molar-refractivity contribution in [3.63, 3.8) is 0 Å². The molecule has 0 spiro atoms. The largest absolute Gasteiger partial charge is 0.115 e. The van der Waals surface area contributed by atoms with Crippen molar-refractivity contribution in [2.45, 2.75) is 25.7 Å². The van der Waals surface area contributed by atoms with Crippen LogP contribution in [0.2, 0.25) is 0 Å². The normalized spacial score (nSPS) is 11.8. The zero-order valence-electron chi connectivity index (χ0n) is 16.4. The lowest BCUT2D eigenvalue weighted by Crippen LogP contribution is -2.32. The molecule has 0 saturated carbocycles. The summed E-state index contributed by atoms with van der Waals surface area (Å²) in [5.74, 6) is 0. The van der Waals surface area contributed by atoms with Crippen molar-refractivity contribution in [2.75, 3.05) is 11.5 Å². The van der Waals surface area contributed by atoms with E-state index in [0.29, 0.717) is 0 Å². The van der Waals surface area contributed by atoms with E-state index in [0.717, 1.165) is 11.5 Å². The van der Waals surface area contributed by atoms with Gasteiger partial charge in [0.25, 0.3) is 0 Å². The predicted molar refractivity (Wildman–Crippen MR) is 131 cm³/mol. The van der Waals surface area contributed by atoms with Crippen molar-refractivity contribution >= 4 is 39.1 Å². The average Bonchev–Trinajstić information content (AvgIpc) is 2.78. The molecule has 28 heavy (non-hydrogen) atoms. The second kappa shape index (κ2) is 11.3. The standard InChI is InChI=1S/C26H29BrP/c27-22-14-3-1-2-4-15-23-28(24-16-8-5-9-17-24,25-18-10-6-11-19-25)26-20-12-7-13-21-26/h4-13,15-21H,1-3,14,22-23H2/q+1. The number of rotatable bonds is 10. The Morgan fingerprint density at radius 2 is 1.04 bits per heavy atom. The highest BCUT2D eigenvalue weighted by atomic mass is 79.9. The molecule has 0 heterocycles. The molecule has 0 fully saturated rings. The van der Waals surface area contributed by atoms with E-state index in [4.69, 9.17) is 0 Å². The number of alkyl halides is 1. The quantitative estimate of drug-likeness (QED) is 0.143. The minimum absolute atomic E-state index is 1.07. The maximum Gasteiger partial charge on any atom is 0.115 e. The van der Waals surface area contributed by atoms with Crippen molar-refractivity contribution in [1.82, 2.24) is 0 Å². The maximum atomic E-state index is 3.52. The van der Waals surface area contributed by atoms with Crippen molar-refractivity contribution in [1.29, 1.82) is 0 Å². The Bertz CT molecular complexity index is 731. The van der Waals surface area contributed by atoms with Gasteiger partial charge < -0.3 is 0 Å². The van der Waals surface area contributed by atoms with Crippen LogP contribution in [0.25, 0.3) is 0 Å². The molecule has 3 rings (SSSR count). The summed E-state index contributed by atoms with van der Waals surface area (Å²) in [7, 11) is -1.71. The summed E-state index contributed by atoms with van der Waals surface area (Å²) in [5.41, 5.74) is 0. The van der Waals surface area contributed by atoms with Crippen molar-refractivity contribution in [2.24, 2.45) is 0 Å². The highest BCUT2D eigenvalue weighted by Crippen LogP contribution is 2.55. The molecule has 0 atom stereocenters. The van der Waals surface area contributed by atoms with E-state index in [1.54, 1.807) is 0 Å². The molecule has 0 aliphatic carbocycles. The first-order valence-electron chi connectivity index (χ1n) is 10.1. The Kier molecular flexibility index (Phi) is 8.52. The fourth-order valence-corrected chi connectivity index (χ4v) is 8.13. The second-order valence-corrected chi connectivity index (χ2v) is 11.3. The second-order valence-electron chi connectivity index (χ2n) is 7.01. The summed E-state index contributed by atoms with van der Waals surface area (Å²) in [6, 6.07) is 33.3. The molecular weight excluding hydrogens is 423 g/mol. The van der Waals surface area contributed by atoms with Crippen LogP contribution in [0, 0.1) is 0 Å². The monoisotopic (exact) mass is 451 g/mol. The molecule has 0 nitrogen and oxygen atoms in total. The van der Waals surface area contributed by atoms with Gasteiger partial charge in [-0.2, -0.15) is 0 Å². The van der Waals surface area contributed by atoms with Gasteiger partial charge in [-0.05, 0) is 55.7 Å². The van der Waals surface area contributed by atoms with E-state index < -0.39 is 7.26 Å². The number of hydrogen-bond donors (Lipinski definition) is 0. The molecule has 0 aliphatic heterocycles. The molecule has 0 saturated heterocycles. The fraction of sp³-hybridized carbons (Fsp3) is 0.231. The highest BCUT2D eigenvalue weighted by Gasteiger charge is 2.43. The average molecular weight is 452 g/mol. The molecule has 3 aromatic carbocycles. The molecule has 144 valence electrons. The van der Waals surface area contributed by atoms with E-state index in [9.17, 15) is 0 Å². The van der Waals surface area contributed by atoms with E-state index in [1.165, 1.54) is 41.6 Å². The topological polar surface area (TPSA) is 0 Å². The van der Waals surface area contributed by atoms with Crippen LogP contribution in [-0.2, 0) is 0 Å². The molecule has 0 N–H and O–H groups in total. The van der Waals surface area contributed by atoms with Gasteiger partial charge in [-0.3, -0.25) is 0 Å². The summed E-state index contributed by atoms with van der Waals surface area (Å²) in [6.07, 6.45) is 10.9. The molecule has 0 radical (unpaired) electrons. The van der Waals surface area contributed by atoms with Gasteiger partial charge in [-0.1, -0.05) is 89.1 Å². The summed E-state index contributed by atoms with van der Waals surface area (Å²) in [6.45, 7) is 0. The molecule has 0 amide bonds. The van der Waals surface area contributed by atoms with Gasteiger partial charge in [0, 0.05) is 5.33 Å². The first-order valence-corrected chi connectivity index (χ1v) is 13.2. The molecule has 2 heteroatoms. The highest BCUT2D eigenvalue weighted by molar-refractivity contribution is 9.09. The number of unbranched alkanes of at least 4 members (excludes halogenated alkanes) is 3. The van der Waals surface area contributed by atoms with Crippen LogP contribution in [0.4, 0.5) is 0 Å². The van der Waals surface area contributed by atoms with Crippen LogP contribution in [0.15, 0.2) is 103 Å². The minimum Gasteiger partial charge on any atom is -0.0928 e. The van der Waals surface area contributed by atoms with Gasteiger partial charge in [0.05, 0.1) is 6.16 Å². The Hall–Kier alpha value is -1.69.